The van der Waals surface area contributed by atoms with Crippen LogP contribution >= 0.6 is 0 Å². The van der Waals surface area contributed by atoms with Crippen molar-refractivity contribution < 1.29 is 22.7 Å². The van der Waals surface area contributed by atoms with Crippen molar-refractivity contribution in [1.29, 1.82) is 0 Å². The molecular weight excluding hydrogens is 321 g/mol. The van der Waals surface area contributed by atoms with Gasteiger partial charge in [0.2, 0.25) is 5.91 Å². The molecule has 1 amide bonds. The van der Waals surface area contributed by atoms with Crippen LogP contribution in [-0.4, -0.2) is 54.9 Å². The maximum Gasteiger partial charge on any atom is 0.390 e. The smallest absolute Gasteiger partial charge is 0.370 e. The molecule has 0 aromatic carbocycles. The molecule has 3 aliphatic heterocycles. The summed E-state index contributed by atoms with van der Waals surface area (Å²) >= 11 is 0. The fourth-order valence-corrected chi connectivity index (χ4v) is 5.05. The second-order valence-corrected chi connectivity index (χ2v) is 8.00. The molecule has 0 aromatic heterocycles. The molecule has 7 heteroatoms. The highest BCUT2D eigenvalue weighted by atomic mass is 19.4. The third-order valence-corrected chi connectivity index (χ3v) is 6.55. The summed E-state index contributed by atoms with van der Waals surface area (Å²) in [5, 5.41) is 3.07. The van der Waals surface area contributed by atoms with Gasteiger partial charge in [-0.1, -0.05) is 6.42 Å². The van der Waals surface area contributed by atoms with Gasteiger partial charge in [0.05, 0.1) is 18.1 Å². The van der Waals surface area contributed by atoms with Crippen molar-refractivity contribution in [3.8, 4) is 0 Å². The van der Waals surface area contributed by atoms with Crippen LogP contribution in [0.1, 0.15) is 38.5 Å². The summed E-state index contributed by atoms with van der Waals surface area (Å²) in [6.45, 7) is 1.93. The number of nitrogens with one attached hydrogen (secondary N) is 1. The Morgan fingerprint density at radius 2 is 2.08 bits per heavy atom. The molecule has 1 saturated carbocycles. The Kier molecular flexibility index (Phi) is 4.07. The number of hydrogen-bond donors (Lipinski definition) is 1. The Morgan fingerprint density at radius 3 is 2.75 bits per heavy atom. The van der Waals surface area contributed by atoms with Gasteiger partial charge in [0.25, 0.3) is 0 Å². The van der Waals surface area contributed by atoms with Crippen LogP contribution in [0.3, 0.4) is 0 Å². The van der Waals surface area contributed by atoms with Crippen molar-refractivity contribution in [2.75, 3.05) is 26.2 Å². The lowest BCUT2D eigenvalue weighted by Gasteiger charge is -2.31. The highest BCUT2D eigenvalue weighted by Crippen LogP contribution is 2.54. The van der Waals surface area contributed by atoms with E-state index in [0.29, 0.717) is 19.6 Å². The summed E-state index contributed by atoms with van der Waals surface area (Å²) in [4.78, 5) is 14.0. The van der Waals surface area contributed by atoms with Crippen molar-refractivity contribution >= 4 is 5.91 Å². The van der Waals surface area contributed by atoms with Gasteiger partial charge in [0.15, 0.2) is 0 Å². The number of alkyl halides is 3. The number of amides is 1. The lowest BCUT2D eigenvalue weighted by atomic mass is 9.73. The summed E-state index contributed by atoms with van der Waals surface area (Å²) < 4.78 is 43.7. The van der Waals surface area contributed by atoms with Crippen molar-refractivity contribution in [2.45, 2.75) is 56.4 Å². The first-order chi connectivity index (χ1) is 11.4. The molecule has 136 valence electrons. The third kappa shape index (κ3) is 2.94. The largest absolute Gasteiger partial charge is 0.390 e. The molecule has 3 heterocycles. The van der Waals surface area contributed by atoms with E-state index in [1.807, 2.05) is 4.90 Å². The van der Waals surface area contributed by atoms with Crippen molar-refractivity contribution in [3.05, 3.63) is 0 Å². The standard InChI is InChI=1S/C17H25F3N2O2/c18-17(19,20)6-7-22-9-13-12(8-21-15(23)11-2-1-3-11)14-4-5-16(13,10-22)24-14/h11-14H,1-10H2,(H,21,23)/t12-,13+,14+,16+/m0/s1. The SMILES string of the molecule is O=C(NC[C@H]1[C@H]2CN(CCC(F)(F)F)C[C@]23CC[C@H]1O3)C1CCC1. The van der Waals surface area contributed by atoms with Crippen LogP contribution in [0, 0.1) is 17.8 Å². The van der Waals surface area contributed by atoms with Crippen LogP contribution in [0.15, 0.2) is 0 Å². The summed E-state index contributed by atoms with van der Waals surface area (Å²) in [5.74, 6) is 0.820. The highest BCUT2D eigenvalue weighted by molar-refractivity contribution is 5.79. The number of hydrogen-bond acceptors (Lipinski definition) is 3. The molecule has 4 fully saturated rings. The van der Waals surface area contributed by atoms with Gasteiger partial charge >= 0.3 is 6.18 Å². The number of carbonyl (C=O) groups excluding carboxylic acids is 1. The number of nitrogens with zero attached hydrogens (tertiary/aromatic N) is 1. The first kappa shape index (κ1) is 16.6. The van der Waals surface area contributed by atoms with Crippen molar-refractivity contribution in [1.82, 2.24) is 10.2 Å². The molecule has 3 saturated heterocycles. The van der Waals surface area contributed by atoms with Gasteiger partial charge in [-0.2, -0.15) is 13.2 Å². The van der Waals surface area contributed by atoms with Crippen LogP contribution in [0.2, 0.25) is 0 Å². The summed E-state index contributed by atoms with van der Waals surface area (Å²) in [5.41, 5.74) is -0.262. The van der Waals surface area contributed by atoms with E-state index in [9.17, 15) is 18.0 Å². The van der Waals surface area contributed by atoms with Gasteiger partial charge < -0.3 is 10.1 Å². The maximum absolute atomic E-state index is 12.5. The molecule has 1 N–H and O–H groups in total. The Morgan fingerprint density at radius 1 is 1.29 bits per heavy atom. The van der Waals surface area contributed by atoms with E-state index in [2.05, 4.69) is 5.32 Å². The minimum absolute atomic E-state index is 0.0525. The first-order valence-electron chi connectivity index (χ1n) is 9.11. The Labute approximate surface area is 140 Å². The van der Waals surface area contributed by atoms with E-state index in [1.54, 1.807) is 0 Å². The highest BCUT2D eigenvalue weighted by Gasteiger charge is 2.62. The number of rotatable bonds is 5. The van der Waals surface area contributed by atoms with Crippen LogP contribution < -0.4 is 5.32 Å². The van der Waals surface area contributed by atoms with E-state index < -0.39 is 12.6 Å². The Hall–Kier alpha value is -0.820. The quantitative estimate of drug-likeness (QED) is 0.831. The van der Waals surface area contributed by atoms with Gasteiger partial charge in [-0.05, 0) is 25.7 Å². The predicted octanol–water partition coefficient (Wildman–Crippen LogP) is 2.33. The van der Waals surface area contributed by atoms with E-state index in [0.717, 1.165) is 32.1 Å². The first-order valence-corrected chi connectivity index (χ1v) is 9.11. The second kappa shape index (κ2) is 5.87. The topological polar surface area (TPSA) is 41.6 Å². The number of ether oxygens (including phenoxy) is 1. The van der Waals surface area contributed by atoms with Gasteiger partial charge in [0, 0.05) is 43.9 Å². The zero-order valence-corrected chi connectivity index (χ0v) is 13.8. The summed E-state index contributed by atoms with van der Waals surface area (Å²) in [6.07, 6.45) is 0.303. The molecule has 1 spiro atoms. The van der Waals surface area contributed by atoms with E-state index in [-0.39, 0.29) is 41.9 Å². The molecule has 24 heavy (non-hydrogen) atoms. The fraction of sp³-hybridized carbons (Fsp3) is 0.941. The maximum atomic E-state index is 12.5. The summed E-state index contributed by atoms with van der Waals surface area (Å²) in [6, 6.07) is 0. The molecule has 2 bridgehead atoms. The van der Waals surface area contributed by atoms with Gasteiger partial charge in [-0.15, -0.1) is 0 Å². The zero-order chi connectivity index (χ0) is 16.9. The zero-order valence-electron chi connectivity index (χ0n) is 13.8. The van der Waals surface area contributed by atoms with Crippen LogP contribution in [-0.2, 0) is 9.53 Å². The number of halogens is 3. The van der Waals surface area contributed by atoms with Crippen molar-refractivity contribution in [3.63, 3.8) is 0 Å². The molecule has 0 aromatic rings. The molecule has 4 aliphatic rings. The average Bonchev–Trinajstić information content (AvgIpc) is 3.07. The minimum Gasteiger partial charge on any atom is -0.370 e. The van der Waals surface area contributed by atoms with Gasteiger partial charge in [0.1, 0.15) is 0 Å². The van der Waals surface area contributed by atoms with E-state index in [1.165, 1.54) is 0 Å². The van der Waals surface area contributed by atoms with Crippen LogP contribution in [0.4, 0.5) is 13.2 Å². The molecule has 4 rings (SSSR count). The molecular formula is C17H25F3N2O2. The molecule has 4 nitrogen and oxygen atoms in total. The second-order valence-electron chi connectivity index (χ2n) is 8.00. The summed E-state index contributed by atoms with van der Waals surface area (Å²) in [7, 11) is 0. The fourth-order valence-electron chi connectivity index (χ4n) is 5.05. The molecule has 4 atom stereocenters. The van der Waals surface area contributed by atoms with Gasteiger partial charge in [-0.3, -0.25) is 9.69 Å². The lowest BCUT2D eigenvalue weighted by Crippen LogP contribution is -2.44. The Bertz CT molecular complexity index is 509. The third-order valence-electron chi connectivity index (χ3n) is 6.55. The predicted molar refractivity (Wildman–Crippen MR) is 81.3 cm³/mol. The Balaban J connectivity index is 1.34. The lowest BCUT2D eigenvalue weighted by molar-refractivity contribution is -0.138. The van der Waals surface area contributed by atoms with Crippen LogP contribution in [0.25, 0.3) is 0 Å². The normalized spacial score (nSPS) is 39.0. The minimum atomic E-state index is -4.11. The molecule has 0 radical (unpaired) electrons. The monoisotopic (exact) mass is 346 g/mol. The molecule has 0 unspecified atom stereocenters. The van der Waals surface area contributed by atoms with Crippen LogP contribution in [0.5, 0.6) is 0 Å². The number of fused-ring (bicyclic) bond motifs is 1. The van der Waals surface area contributed by atoms with Crippen molar-refractivity contribution in [2.24, 2.45) is 17.8 Å². The number of carbonyl (C=O) groups is 1. The molecule has 1 aliphatic carbocycles. The average molecular weight is 346 g/mol. The number of likely N-dealkylation sites (tertiary alicyclic amines) is 1. The van der Waals surface area contributed by atoms with Gasteiger partial charge in [-0.25, -0.2) is 0 Å². The van der Waals surface area contributed by atoms with E-state index >= 15 is 0 Å². The van der Waals surface area contributed by atoms with E-state index in [4.69, 9.17) is 4.74 Å².